The molecule has 0 aliphatic carbocycles. The molecule has 0 bridgehead atoms. The Morgan fingerprint density at radius 1 is 1.67 bits per heavy atom. The Hall–Kier alpha value is -1.85. The number of nitrogens with one attached hydrogen (secondary N) is 2. The van der Waals surface area contributed by atoms with Gasteiger partial charge >= 0.3 is 5.97 Å². The quantitative estimate of drug-likeness (QED) is 0.656. The van der Waals surface area contributed by atoms with Crippen LogP contribution >= 0.6 is 0 Å². The number of aliphatic carboxylic acids is 1. The van der Waals surface area contributed by atoms with Gasteiger partial charge in [-0.15, -0.1) is 0 Å². The van der Waals surface area contributed by atoms with Crippen molar-refractivity contribution in [3.63, 3.8) is 0 Å². The zero-order chi connectivity index (χ0) is 11.3. The SMILES string of the molecule is CCCC(NC(=O)c1ccn[nH]1)C(=O)O. The Labute approximate surface area is 86.7 Å². The van der Waals surface area contributed by atoms with Crippen LogP contribution < -0.4 is 5.32 Å². The highest BCUT2D eigenvalue weighted by molar-refractivity contribution is 5.94. The summed E-state index contributed by atoms with van der Waals surface area (Å²) in [6.07, 6.45) is 2.54. The first kappa shape index (κ1) is 11.2. The van der Waals surface area contributed by atoms with E-state index in [1.54, 1.807) is 0 Å². The summed E-state index contributed by atoms with van der Waals surface area (Å²) in [7, 11) is 0. The minimum Gasteiger partial charge on any atom is -0.480 e. The summed E-state index contributed by atoms with van der Waals surface area (Å²) in [5.41, 5.74) is 0.261. The van der Waals surface area contributed by atoms with Crippen molar-refractivity contribution in [1.82, 2.24) is 15.5 Å². The van der Waals surface area contributed by atoms with Gasteiger partial charge in [-0.2, -0.15) is 5.10 Å². The van der Waals surface area contributed by atoms with Crippen molar-refractivity contribution in [3.8, 4) is 0 Å². The third-order valence-corrected chi connectivity index (χ3v) is 1.93. The van der Waals surface area contributed by atoms with Crippen molar-refractivity contribution in [2.24, 2.45) is 0 Å². The van der Waals surface area contributed by atoms with Gasteiger partial charge in [0.05, 0.1) is 0 Å². The van der Waals surface area contributed by atoms with Crippen LogP contribution in [-0.4, -0.2) is 33.2 Å². The second-order valence-electron chi connectivity index (χ2n) is 3.12. The van der Waals surface area contributed by atoms with E-state index in [-0.39, 0.29) is 5.69 Å². The molecule has 1 rings (SSSR count). The number of rotatable bonds is 5. The van der Waals surface area contributed by atoms with Gasteiger partial charge in [-0.05, 0) is 12.5 Å². The highest BCUT2D eigenvalue weighted by Crippen LogP contribution is 1.99. The zero-order valence-corrected chi connectivity index (χ0v) is 8.36. The Balaban J connectivity index is 2.59. The van der Waals surface area contributed by atoms with Crippen LogP contribution in [-0.2, 0) is 4.79 Å². The third kappa shape index (κ3) is 3.08. The van der Waals surface area contributed by atoms with Crippen LogP contribution in [0.15, 0.2) is 12.3 Å². The first-order chi connectivity index (χ1) is 7.15. The Bertz CT molecular complexity index is 334. The monoisotopic (exact) mass is 211 g/mol. The zero-order valence-electron chi connectivity index (χ0n) is 8.36. The van der Waals surface area contributed by atoms with Crippen molar-refractivity contribution in [1.29, 1.82) is 0 Å². The van der Waals surface area contributed by atoms with Crippen molar-refractivity contribution >= 4 is 11.9 Å². The van der Waals surface area contributed by atoms with Crippen LogP contribution in [0.4, 0.5) is 0 Å². The molecule has 0 aliphatic heterocycles. The summed E-state index contributed by atoms with van der Waals surface area (Å²) in [5, 5.41) is 17.3. The number of carboxylic acid groups (broad SMARTS) is 1. The smallest absolute Gasteiger partial charge is 0.326 e. The number of H-pyrrole nitrogens is 1. The van der Waals surface area contributed by atoms with E-state index in [2.05, 4.69) is 15.5 Å². The summed E-state index contributed by atoms with van der Waals surface area (Å²) >= 11 is 0. The number of carbonyl (C=O) groups excluding carboxylic acids is 1. The molecule has 1 atom stereocenters. The summed E-state index contributed by atoms with van der Waals surface area (Å²) in [6.45, 7) is 1.86. The Morgan fingerprint density at radius 2 is 2.40 bits per heavy atom. The molecule has 6 heteroatoms. The van der Waals surface area contributed by atoms with E-state index in [1.807, 2.05) is 6.92 Å². The average molecular weight is 211 g/mol. The molecule has 6 nitrogen and oxygen atoms in total. The van der Waals surface area contributed by atoms with E-state index in [9.17, 15) is 9.59 Å². The van der Waals surface area contributed by atoms with Gasteiger partial charge in [0.15, 0.2) is 0 Å². The number of aromatic amines is 1. The lowest BCUT2D eigenvalue weighted by Gasteiger charge is -2.12. The summed E-state index contributed by atoms with van der Waals surface area (Å²) in [6, 6.07) is 0.644. The van der Waals surface area contributed by atoms with Gasteiger partial charge in [0.1, 0.15) is 11.7 Å². The van der Waals surface area contributed by atoms with E-state index in [0.29, 0.717) is 12.8 Å². The van der Waals surface area contributed by atoms with E-state index in [1.165, 1.54) is 12.3 Å². The molecule has 1 unspecified atom stereocenters. The lowest BCUT2D eigenvalue weighted by Crippen LogP contribution is -2.40. The molecular formula is C9H13N3O3. The van der Waals surface area contributed by atoms with Crippen molar-refractivity contribution in [2.45, 2.75) is 25.8 Å². The van der Waals surface area contributed by atoms with Crippen LogP contribution in [0, 0.1) is 0 Å². The fourth-order valence-corrected chi connectivity index (χ4v) is 1.16. The van der Waals surface area contributed by atoms with Crippen molar-refractivity contribution < 1.29 is 14.7 Å². The van der Waals surface area contributed by atoms with Gasteiger partial charge in [-0.3, -0.25) is 9.89 Å². The lowest BCUT2D eigenvalue weighted by atomic mass is 10.1. The molecule has 0 aliphatic rings. The molecule has 1 heterocycles. The van der Waals surface area contributed by atoms with Gasteiger partial charge < -0.3 is 10.4 Å². The topological polar surface area (TPSA) is 95.1 Å². The van der Waals surface area contributed by atoms with Crippen LogP contribution in [0.5, 0.6) is 0 Å². The molecule has 1 aromatic heterocycles. The number of aromatic nitrogens is 2. The number of nitrogens with zero attached hydrogens (tertiary/aromatic N) is 1. The predicted molar refractivity (Wildman–Crippen MR) is 52.4 cm³/mol. The second-order valence-corrected chi connectivity index (χ2v) is 3.12. The van der Waals surface area contributed by atoms with Crippen LogP contribution in [0.2, 0.25) is 0 Å². The molecule has 0 aromatic carbocycles. The molecule has 0 spiro atoms. The average Bonchev–Trinajstić information content (AvgIpc) is 2.69. The molecule has 0 fully saturated rings. The fraction of sp³-hybridized carbons (Fsp3) is 0.444. The maximum Gasteiger partial charge on any atom is 0.326 e. The standard InChI is InChI=1S/C9H13N3O3/c1-2-3-7(9(14)15)11-8(13)6-4-5-10-12-6/h4-5,7H,2-3H2,1H3,(H,10,12)(H,11,13)(H,14,15). The van der Waals surface area contributed by atoms with Gasteiger partial charge in [0, 0.05) is 6.20 Å². The number of carbonyl (C=O) groups is 2. The number of hydrogen-bond donors (Lipinski definition) is 3. The fourth-order valence-electron chi connectivity index (χ4n) is 1.16. The molecular weight excluding hydrogens is 198 g/mol. The minimum absolute atomic E-state index is 0.261. The molecule has 82 valence electrons. The predicted octanol–water partition coefficient (Wildman–Crippen LogP) is 0.393. The normalized spacial score (nSPS) is 12.1. The summed E-state index contributed by atoms with van der Waals surface area (Å²) < 4.78 is 0. The highest BCUT2D eigenvalue weighted by atomic mass is 16.4. The molecule has 1 amide bonds. The molecule has 3 N–H and O–H groups in total. The molecule has 0 saturated heterocycles. The van der Waals surface area contributed by atoms with Crippen LogP contribution in [0.1, 0.15) is 30.3 Å². The maximum atomic E-state index is 11.4. The first-order valence-electron chi connectivity index (χ1n) is 4.68. The molecule has 15 heavy (non-hydrogen) atoms. The molecule has 0 saturated carbocycles. The van der Waals surface area contributed by atoms with Crippen molar-refractivity contribution in [2.75, 3.05) is 0 Å². The van der Waals surface area contributed by atoms with Gasteiger partial charge in [-0.25, -0.2) is 4.79 Å². The number of amides is 1. The molecule has 0 radical (unpaired) electrons. The third-order valence-electron chi connectivity index (χ3n) is 1.93. The first-order valence-corrected chi connectivity index (χ1v) is 4.68. The highest BCUT2D eigenvalue weighted by Gasteiger charge is 2.19. The minimum atomic E-state index is -1.02. The van der Waals surface area contributed by atoms with Crippen molar-refractivity contribution in [3.05, 3.63) is 18.0 Å². The van der Waals surface area contributed by atoms with E-state index in [0.717, 1.165) is 0 Å². The second kappa shape index (κ2) is 5.14. The van der Waals surface area contributed by atoms with E-state index >= 15 is 0 Å². The Morgan fingerprint density at radius 3 is 2.87 bits per heavy atom. The van der Waals surface area contributed by atoms with Crippen LogP contribution in [0.25, 0.3) is 0 Å². The summed E-state index contributed by atoms with van der Waals surface area (Å²) in [4.78, 5) is 22.2. The maximum absolute atomic E-state index is 11.4. The number of hydrogen-bond acceptors (Lipinski definition) is 3. The van der Waals surface area contributed by atoms with Gasteiger partial charge in [-0.1, -0.05) is 13.3 Å². The lowest BCUT2D eigenvalue weighted by molar-refractivity contribution is -0.139. The summed E-state index contributed by atoms with van der Waals surface area (Å²) in [5.74, 6) is -1.47. The van der Waals surface area contributed by atoms with Crippen LogP contribution in [0.3, 0.4) is 0 Å². The largest absolute Gasteiger partial charge is 0.480 e. The van der Waals surface area contributed by atoms with E-state index < -0.39 is 17.9 Å². The molecule has 1 aromatic rings. The Kier molecular flexibility index (Phi) is 3.84. The number of carboxylic acids is 1. The van der Waals surface area contributed by atoms with Gasteiger partial charge in [0.25, 0.3) is 5.91 Å². The van der Waals surface area contributed by atoms with E-state index in [4.69, 9.17) is 5.11 Å². The van der Waals surface area contributed by atoms with Gasteiger partial charge in [0.2, 0.25) is 0 Å².